The zero-order valence-electron chi connectivity index (χ0n) is 10.9. The summed E-state index contributed by atoms with van der Waals surface area (Å²) in [5, 5.41) is 9.96. The predicted molar refractivity (Wildman–Crippen MR) is 73.1 cm³/mol. The molecule has 2 rings (SSSR count). The minimum atomic E-state index is 0.158. The fourth-order valence-corrected chi connectivity index (χ4v) is 2.57. The molecule has 0 aromatic heterocycles. The Morgan fingerprint density at radius 2 is 2.17 bits per heavy atom. The summed E-state index contributed by atoms with van der Waals surface area (Å²) in [5.41, 5.74) is 1.32. The molecule has 0 spiro atoms. The lowest BCUT2D eigenvalue weighted by molar-refractivity contribution is 0.161. The van der Waals surface area contributed by atoms with Crippen molar-refractivity contribution in [3.63, 3.8) is 0 Å². The fraction of sp³-hybridized carbons (Fsp3) is 0.571. The topological polar surface area (TPSA) is 32.7 Å². The molecule has 0 saturated heterocycles. The van der Waals surface area contributed by atoms with Crippen LogP contribution in [0.2, 0.25) is 5.02 Å². The van der Waals surface area contributed by atoms with Crippen molar-refractivity contribution in [2.45, 2.75) is 19.4 Å². The SMILES string of the molecule is COc1ccc(CN(C)CC2(CO)CC2)cc1Cl. The molecule has 0 bridgehead atoms. The van der Waals surface area contributed by atoms with Gasteiger partial charge in [-0.3, -0.25) is 0 Å². The van der Waals surface area contributed by atoms with Crippen LogP contribution >= 0.6 is 11.6 Å². The Bertz CT molecular complexity index is 418. The van der Waals surface area contributed by atoms with E-state index >= 15 is 0 Å². The molecule has 1 aliphatic rings. The molecule has 1 aromatic rings. The van der Waals surface area contributed by atoms with Crippen LogP contribution in [0.3, 0.4) is 0 Å². The predicted octanol–water partition coefficient (Wildman–Crippen LogP) is 2.55. The standard InChI is InChI=1S/C14H20ClNO2/c1-16(9-14(10-17)5-6-14)8-11-3-4-13(18-2)12(15)7-11/h3-4,7,17H,5-6,8-10H2,1-2H3. The van der Waals surface area contributed by atoms with Gasteiger partial charge < -0.3 is 14.7 Å². The van der Waals surface area contributed by atoms with Gasteiger partial charge in [-0.1, -0.05) is 17.7 Å². The molecule has 0 heterocycles. The smallest absolute Gasteiger partial charge is 0.137 e. The van der Waals surface area contributed by atoms with E-state index in [1.165, 1.54) is 0 Å². The first kappa shape index (κ1) is 13.7. The summed E-state index contributed by atoms with van der Waals surface area (Å²) in [5.74, 6) is 0.706. The average molecular weight is 270 g/mol. The van der Waals surface area contributed by atoms with Crippen LogP contribution < -0.4 is 4.74 Å². The van der Waals surface area contributed by atoms with E-state index in [1.54, 1.807) is 7.11 Å². The molecule has 100 valence electrons. The lowest BCUT2D eigenvalue weighted by Crippen LogP contribution is -2.28. The zero-order valence-corrected chi connectivity index (χ0v) is 11.7. The van der Waals surface area contributed by atoms with Crippen molar-refractivity contribution in [3.8, 4) is 5.75 Å². The number of hydrogen-bond donors (Lipinski definition) is 1. The number of rotatable bonds is 6. The van der Waals surface area contributed by atoms with Gasteiger partial charge in [-0.2, -0.15) is 0 Å². The molecule has 1 N–H and O–H groups in total. The van der Waals surface area contributed by atoms with Crippen molar-refractivity contribution < 1.29 is 9.84 Å². The van der Waals surface area contributed by atoms with Crippen LogP contribution in [0.1, 0.15) is 18.4 Å². The van der Waals surface area contributed by atoms with E-state index in [9.17, 15) is 5.11 Å². The minimum absolute atomic E-state index is 0.158. The van der Waals surface area contributed by atoms with Gasteiger partial charge in [-0.25, -0.2) is 0 Å². The molecule has 0 unspecified atom stereocenters. The van der Waals surface area contributed by atoms with Crippen molar-refractivity contribution in [1.29, 1.82) is 0 Å². The molecular weight excluding hydrogens is 250 g/mol. The molecule has 0 amide bonds. The van der Waals surface area contributed by atoms with Crippen LogP contribution in [-0.2, 0) is 6.54 Å². The number of nitrogens with zero attached hydrogens (tertiary/aromatic N) is 1. The summed E-state index contributed by atoms with van der Waals surface area (Å²) >= 11 is 6.10. The van der Waals surface area contributed by atoms with E-state index in [4.69, 9.17) is 16.3 Å². The quantitative estimate of drug-likeness (QED) is 0.862. The summed E-state index contributed by atoms with van der Waals surface area (Å²) in [6.45, 7) is 2.07. The summed E-state index contributed by atoms with van der Waals surface area (Å²) in [4.78, 5) is 2.24. The number of hydrogen-bond acceptors (Lipinski definition) is 3. The van der Waals surface area contributed by atoms with E-state index in [2.05, 4.69) is 11.9 Å². The summed E-state index contributed by atoms with van der Waals surface area (Å²) in [6.07, 6.45) is 2.27. The van der Waals surface area contributed by atoms with E-state index < -0.39 is 0 Å². The first-order valence-electron chi connectivity index (χ1n) is 6.20. The molecule has 0 radical (unpaired) electrons. The molecule has 3 nitrogen and oxygen atoms in total. The summed E-state index contributed by atoms with van der Waals surface area (Å²) in [7, 11) is 3.69. The Balaban J connectivity index is 1.94. The summed E-state index contributed by atoms with van der Waals surface area (Å²) < 4.78 is 5.13. The molecule has 0 atom stereocenters. The highest BCUT2D eigenvalue weighted by molar-refractivity contribution is 6.32. The number of ether oxygens (including phenoxy) is 1. The minimum Gasteiger partial charge on any atom is -0.495 e. The second-order valence-electron chi connectivity index (χ2n) is 5.30. The van der Waals surface area contributed by atoms with E-state index in [1.807, 2.05) is 18.2 Å². The van der Waals surface area contributed by atoms with Gasteiger partial charge in [0, 0.05) is 25.1 Å². The molecule has 0 aliphatic heterocycles. The molecule has 1 fully saturated rings. The zero-order chi connectivity index (χ0) is 13.2. The average Bonchev–Trinajstić information content (AvgIpc) is 3.09. The number of halogens is 1. The largest absolute Gasteiger partial charge is 0.495 e. The molecule has 18 heavy (non-hydrogen) atoms. The highest BCUT2D eigenvalue weighted by Gasteiger charge is 2.42. The summed E-state index contributed by atoms with van der Waals surface area (Å²) in [6, 6.07) is 5.86. The second-order valence-corrected chi connectivity index (χ2v) is 5.71. The normalized spacial score (nSPS) is 16.9. The van der Waals surface area contributed by atoms with Crippen molar-refractivity contribution in [1.82, 2.24) is 4.90 Å². The van der Waals surface area contributed by atoms with Gasteiger partial charge in [-0.05, 0) is 37.6 Å². The van der Waals surface area contributed by atoms with Crippen LogP contribution in [0.5, 0.6) is 5.75 Å². The Hall–Kier alpha value is -0.770. The van der Waals surface area contributed by atoms with Crippen LogP contribution in [0.4, 0.5) is 0 Å². The van der Waals surface area contributed by atoms with Crippen LogP contribution in [-0.4, -0.2) is 37.3 Å². The highest BCUT2D eigenvalue weighted by atomic mass is 35.5. The first-order valence-corrected chi connectivity index (χ1v) is 6.58. The molecule has 1 aromatic carbocycles. The fourth-order valence-electron chi connectivity index (χ4n) is 2.29. The Morgan fingerprint density at radius 1 is 1.44 bits per heavy atom. The molecule has 1 aliphatic carbocycles. The van der Waals surface area contributed by atoms with Gasteiger partial charge in [0.15, 0.2) is 0 Å². The first-order chi connectivity index (χ1) is 8.58. The highest BCUT2D eigenvalue weighted by Crippen LogP contribution is 2.45. The van der Waals surface area contributed by atoms with Crippen LogP contribution in [0.15, 0.2) is 18.2 Å². The Kier molecular flexibility index (Phi) is 4.15. The third kappa shape index (κ3) is 3.16. The van der Waals surface area contributed by atoms with Gasteiger partial charge in [-0.15, -0.1) is 0 Å². The maximum atomic E-state index is 9.32. The van der Waals surface area contributed by atoms with Gasteiger partial charge in [0.2, 0.25) is 0 Å². The van der Waals surface area contributed by atoms with Gasteiger partial charge >= 0.3 is 0 Å². The van der Waals surface area contributed by atoms with Gasteiger partial charge in [0.05, 0.1) is 12.1 Å². The Labute approximate surface area is 113 Å². The molecular formula is C14H20ClNO2. The lowest BCUT2D eigenvalue weighted by Gasteiger charge is -2.22. The van der Waals surface area contributed by atoms with Gasteiger partial charge in [0.1, 0.15) is 5.75 Å². The monoisotopic (exact) mass is 269 g/mol. The van der Waals surface area contributed by atoms with Crippen LogP contribution in [0.25, 0.3) is 0 Å². The Morgan fingerprint density at radius 3 is 2.67 bits per heavy atom. The molecule has 4 heteroatoms. The van der Waals surface area contributed by atoms with E-state index in [0.717, 1.165) is 31.5 Å². The van der Waals surface area contributed by atoms with E-state index in [-0.39, 0.29) is 5.41 Å². The van der Waals surface area contributed by atoms with Crippen molar-refractivity contribution in [2.24, 2.45) is 5.41 Å². The number of methoxy groups -OCH3 is 1. The van der Waals surface area contributed by atoms with Crippen LogP contribution in [0, 0.1) is 5.41 Å². The van der Waals surface area contributed by atoms with Gasteiger partial charge in [0.25, 0.3) is 0 Å². The van der Waals surface area contributed by atoms with Crippen molar-refractivity contribution in [3.05, 3.63) is 28.8 Å². The molecule has 1 saturated carbocycles. The lowest BCUT2D eigenvalue weighted by atomic mass is 10.1. The second kappa shape index (κ2) is 5.47. The number of benzene rings is 1. The number of aliphatic hydroxyl groups is 1. The third-order valence-corrected chi connectivity index (χ3v) is 3.86. The van der Waals surface area contributed by atoms with Crippen molar-refractivity contribution >= 4 is 11.6 Å². The van der Waals surface area contributed by atoms with E-state index in [0.29, 0.717) is 17.4 Å². The third-order valence-electron chi connectivity index (χ3n) is 3.57. The maximum absolute atomic E-state index is 9.32. The van der Waals surface area contributed by atoms with Crippen molar-refractivity contribution in [2.75, 3.05) is 27.3 Å². The number of aliphatic hydroxyl groups excluding tert-OH is 1. The maximum Gasteiger partial charge on any atom is 0.137 e.